The van der Waals surface area contributed by atoms with Crippen molar-refractivity contribution in [2.45, 2.75) is 12.9 Å². The van der Waals surface area contributed by atoms with E-state index in [2.05, 4.69) is 14.7 Å². The van der Waals surface area contributed by atoms with Gasteiger partial charge in [-0.25, -0.2) is 4.99 Å². The Kier molecular flexibility index (Phi) is 9.14. The molecule has 2 rings (SSSR count). The third-order valence-corrected chi connectivity index (χ3v) is 2.93. The molecule has 0 radical (unpaired) electrons. The van der Waals surface area contributed by atoms with Gasteiger partial charge >= 0.3 is 6.36 Å². The van der Waals surface area contributed by atoms with E-state index in [-0.39, 0.29) is 49.0 Å². The molecule has 0 saturated heterocycles. The number of hydrogen-bond acceptors (Lipinski definition) is 2. The summed E-state index contributed by atoms with van der Waals surface area (Å²) in [6.07, 6.45) is -0.840. The van der Waals surface area contributed by atoms with Gasteiger partial charge in [0.1, 0.15) is 5.75 Å². The van der Waals surface area contributed by atoms with Gasteiger partial charge in [-0.15, -0.1) is 38.0 Å². The second-order valence-electron chi connectivity index (χ2n) is 4.72. The van der Waals surface area contributed by atoms with Crippen LogP contribution in [0.1, 0.15) is 5.56 Å². The van der Waals surface area contributed by atoms with Crippen molar-refractivity contribution in [2.24, 2.45) is 21.5 Å². The maximum atomic E-state index is 12.2. The molecule has 1 aromatic rings. The van der Waals surface area contributed by atoms with E-state index in [1.807, 2.05) is 12.2 Å². The Morgan fingerprint density at radius 2 is 1.80 bits per heavy atom. The molecule has 4 N–H and O–H groups in total. The monoisotopic (exact) mass is 399 g/mol. The van der Waals surface area contributed by atoms with Gasteiger partial charge < -0.3 is 21.1 Å². The minimum Gasteiger partial charge on any atom is -0.406 e. The average Bonchev–Trinajstić information content (AvgIpc) is 2.98. The van der Waals surface area contributed by atoms with Crippen molar-refractivity contribution in [3.05, 3.63) is 42.0 Å². The molecule has 0 unspecified atom stereocenters. The highest BCUT2D eigenvalue weighted by molar-refractivity contribution is 5.93. The number of guanidine groups is 2. The molecule has 0 aromatic heterocycles. The van der Waals surface area contributed by atoms with Crippen LogP contribution in [-0.2, 0) is 6.54 Å². The summed E-state index contributed by atoms with van der Waals surface area (Å²) in [7, 11) is 0. The maximum absolute atomic E-state index is 12.2. The first-order valence-corrected chi connectivity index (χ1v) is 6.72. The SMILES string of the molecule is Cl.Cl.NC(=NCc1cccc(OC(F)(F)F)c1)/N=C(/N)N1CC=CC1. The molecule has 1 aliphatic rings. The highest BCUT2D eigenvalue weighted by Gasteiger charge is 2.31. The van der Waals surface area contributed by atoms with Crippen LogP contribution in [0, 0.1) is 0 Å². The van der Waals surface area contributed by atoms with E-state index in [0.29, 0.717) is 18.7 Å². The molecular formula is C14H18Cl2F3N5O. The predicted molar refractivity (Wildman–Crippen MR) is 95.3 cm³/mol. The highest BCUT2D eigenvalue weighted by Crippen LogP contribution is 2.23. The lowest BCUT2D eigenvalue weighted by Crippen LogP contribution is -2.36. The lowest BCUT2D eigenvalue weighted by Gasteiger charge is -2.15. The van der Waals surface area contributed by atoms with Crippen LogP contribution < -0.4 is 16.2 Å². The quantitative estimate of drug-likeness (QED) is 0.464. The van der Waals surface area contributed by atoms with E-state index in [9.17, 15) is 13.2 Å². The first-order valence-electron chi connectivity index (χ1n) is 6.72. The zero-order valence-electron chi connectivity index (χ0n) is 12.9. The molecule has 0 spiro atoms. The molecule has 1 aromatic carbocycles. The minimum absolute atomic E-state index is 0. The lowest BCUT2D eigenvalue weighted by atomic mass is 10.2. The van der Waals surface area contributed by atoms with E-state index < -0.39 is 6.36 Å². The number of benzene rings is 1. The summed E-state index contributed by atoms with van der Waals surface area (Å²) in [5.74, 6) is -0.114. The van der Waals surface area contributed by atoms with E-state index in [1.165, 1.54) is 18.2 Å². The summed E-state index contributed by atoms with van der Waals surface area (Å²) in [5.41, 5.74) is 11.9. The average molecular weight is 400 g/mol. The van der Waals surface area contributed by atoms with E-state index in [0.717, 1.165) is 0 Å². The number of hydrogen-bond donors (Lipinski definition) is 2. The van der Waals surface area contributed by atoms with Gasteiger partial charge in [-0.3, -0.25) is 0 Å². The summed E-state index contributed by atoms with van der Waals surface area (Å²) in [6.45, 7) is 1.37. The fraction of sp³-hybridized carbons (Fsp3) is 0.286. The van der Waals surface area contributed by atoms with Gasteiger partial charge in [-0.1, -0.05) is 24.3 Å². The van der Waals surface area contributed by atoms with Crippen molar-refractivity contribution in [1.29, 1.82) is 0 Å². The smallest absolute Gasteiger partial charge is 0.406 e. The van der Waals surface area contributed by atoms with Crippen LogP contribution in [-0.4, -0.2) is 36.3 Å². The van der Waals surface area contributed by atoms with Gasteiger partial charge in [-0.2, -0.15) is 4.99 Å². The predicted octanol–water partition coefficient (Wildman–Crippen LogP) is 2.43. The first-order chi connectivity index (χ1) is 10.8. The van der Waals surface area contributed by atoms with E-state index in [1.54, 1.807) is 11.0 Å². The Bertz CT molecular complexity index is 642. The van der Waals surface area contributed by atoms with Gasteiger partial charge in [0.05, 0.1) is 6.54 Å². The van der Waals surface area contributed by atoms with Gasteiger partial charge in [0.25, 0.3) is 0 Å². The van der Waals surface area contributed by atoms with Crippen molar-refractivity contribution < 1.29 is 17.9 Å². The van der Waals surface area contributed by atoms with Gasteiger partial charge in [0, 0.05) is 13.1 Å². The van der Waals surface area contributed by atoms with E-state index in [4.69, 9.17) is 11.5 Å². The minimum atomic E-state index is -4.73. The first kappa shape index (κ1) is 22.9. The van der Waals surface area contributed by atoms with Crippen LogP contribution in [0.4, 0.5) is 13.2 Å². The van der Waals surface area contributed by atoms with Crippen LogP contribution >= 0.6 is 24.8 Å². The van der Waals surface area contributed by atoms with Crippen LogP contribution in [0.25, 0.3) is 0 Å². The van der Waals surface area contributed by atoms with E-state index >= 15 is 0 Å². The van der Waals surface area contributed by atoms with Crippen LogP contribution in [0.15, 0.2) is 46.4 Å². The number of alkyl halides is 3. The molecule has 0 atom stereocenters. The normalized spacial score (nSPS) is 14.8. The molecule has 11 heteroatoms. The second kappa shape index (κ2) is 10.00. The van der Waals surface area contributed by atoms with Crippen molar-refractivity contribution >= 4 is 36.7 Å². The van der Waals surface area contributed by atoms with Gasteiger partial charge in [0.15, 0.2) is 5.96 Å². The van der Waals surface area contributed by atoms with Crippen molar-refractivity contribution in [1.82, 2.24) is 4.90 Å². The largest absolute Gasteiger partial charge is 0.573 e. The summed E-state index contributed by atoms with van der Waals surface area (Å²) in [4.78, 5) is 9.73. The molecular weight excluding hydrogens is 382 g/mol. The third kappa shape index (κ3) is 7.99. The molecule has 1 heterocycles. The second-order valence-corrected chi connectivity index (χ2v) is 4.72. The maximum Gasteiger partial charge on any atom is 0.573 e. The summed E-state index contributed by atoms with van der Waals surface area (Å²) in [5, 5.41) is 0. The molecule has 25 heavy (non-hydrogen) atoms. The van der Waals surface area contributed by atoms with Crippen LogP contribution in [0.3, 0.4) is 0 Å². The molecule has 0 bridgehead atoms. The Hall–Kier alpha value is -2.13. The molecule has 0 fully saturated rings. The number of ether oxygens (including phenoxy) is 1. The van der Waals surface area contributed by atoms with Crippen LogP contribution in [0.2, 0.25) is 0 Å². The summed E-state index contributed by atoms with van der Waals surface area (Å²) < 4.78 is 40.3. The third-order valence-electron chi connectivity index (χ3n) is 2.93. The zero-order chi connectivity index (χ0) is 16.9. The summed E-state index contributed by atoms with van der Waals surface area (Å²) >= 11 is 0. The van der Waals surface area contributed by atoms with Crippen molar-refractivity contribution in [2.75, 3.05) is 13.1 Å². The number of rotatable bonds is 3. The summed E-state index contributed by atoms with van der Waals surface area (Å²) in [6, 6.07) is 5.50. The molecule has 140 valence electrons. The molecule has 0 aliphatic carbocycles. The Morgan fingerprint density at radius 3 is 2.40 bits per heavy atom. The molecule has 1 aliphatic heterocycles. The standard InChI is InChI=1S/C14H16F3N5O.2ClH/c15-14(16,17)23-11-5-3-4-10(8-11)9-20-12(18)21-13(19)22-6-1-2-7-22;;/h1-5,8H,6-7,9H2,(H4,18,19,20,21);2*1H. The van der Waals surface area contributed by atoms with Gasteiger partial charge in [0.2, 0.25) is 5.96 Å². The highest BCUT2D eigenvalue weighted by atomic mass is 35.5. The van der Waals surface area contributed by atoms with Crippen LogP contribution in [0.5, 0.6) is 5.75 Å². The van der Waals surface area contributed by atoms with Crippen molar-refractivity contribution in [3.63, 3.8) is 0 Å². The fourth-order valence-electron chi connectivity index (χ4n) is 1.90. The molecule has 0 amide bonds. The molecule has 6 nitrogen and oxygen atoms in total. The van der Waals surface area contributed by atoms with Crippen molar-refractivity contribution in [3.8, 4) is 5.75 Å². The Balaban J connectivity index is 0.00000288. The molecule has 0 saturated carbocycles. The topological polar surface area (TPSA) is 89.2 Å². The zero-order valence-corrected chi connectivity index (χ0v) is 14.6. The number of nitrogens with two attached hydrogens (primary N) is 2. The Labute approximate surface area is 155 Å². The number of halogens is 5. The Morgan fingerprint density at radius 1 is 1.16 bits per heavy atom. The lowest BCUT2D eigenvalue weighted by molar-refractivity contribution is -0.274. The number of aliphatic imine (C=N–C) groups is 2. The number of nitrogens with zero attached hydrogens (tertiary/aromatic N) is 3. The van der Waals surface area contributed by atoms with Gasteiger partial charge in [-0.05, 0) is 17.7 Å². The fourth-order valence-corrected chi connectivity index (χ4v) is 1.90.